The predicted octanol–water partition coefficient (Wildman–Crippen LogP) is 1.22. The zero-order chi connectivity index (χ0) is 11.7. The van der Waals surface area contributed by atoms with Crippen molar-refractivity contribution in [1.82, 2.24) is 15.0 Å². The van der Waals surface area contributed by atoms with Crippen LogP contribution in [-0.2, 0) is 0 Å². The third-order valence-electron chi connectivity index (χ3n) is 2.24. The van der Waals surface area contributed by atoms with Gasteiger partial charge in [0.2, 0.25) is 0 Å². The van der Waals surface area contributed by atoms with Crippen LogP contribution < -0.4 is 5.56 Å². The molecule has 0 radical (unpaired) electrons. The summed E-state index contributed by atoms with van der Waals surface area (Å²) in [6.07, 6.45) is 3.14. The quantitative estimate of drug-likeness (QED) is 0.747. The standard InChI is InChI=1S/C10H8N4OS/c1-5-7-8(12-4-13-9(7)15)6(3-11)10(14-5)16-2/h4H,1-2H3,(H,12,13,15). The molecule has 0 amide bonds. The van der Waals surface area contributed by atoms with E-state index >= 15 is 0 Å². The molecule has 0 aliphatic rings. The van der Waals surface area contributed by atoms with Crippen molar-refractivity contribution in [3.63, 3.8) is 0 Å². The van der Waals surface area contributed by atoms with Gasteiger partial charge >= 0.3 is 0 Å². The number of thioether (sulfide) groups is 1. The fourth-order valence-electron chi connectivity index (χ4n) is 1.54. The zero-order valence-electron chi connectivity index (χ0n) is 8.74. The van der Waals surface area contributed by atoms with E-state index in [1.54, 1.807) is 6.92 Å². The molecule has 0 aliphatic heterocycles. The second-order valence-corrected chi connectivity index (χ2v) is 3.94. The van der Waals surface area contributed by atoms with Gasteiger partial charge in [0.1, 0.15) is 16.7 Å². The molecule has 2 rings (SSSR count). The van der Waals surface area contributed by atoms with Crippen molar-refractivity contribution in [2.45, 2.75) is 11.9 Å². The Labute approximate surface area is 95.5 Å². The van der Waals surface area contributed by atoms with Crippen LogP contribution in [-0.4, -0.2) is 21.2 Å². The van der Waals surface area contributed by atoms with E-state index in [0.717, 1.165) is 0 Å². The van der Waals surface area contributed by atoms with Gasteiger partial charge in [0.05, 0.1) is 22.9 Å². The number of nitrogens with zero attached hydrogens (tertiary/aromatic N) is 3. The molecule has 0 unspecified atom stereocenters. The molecule has 16 heavy (non-hydrogen) atoms. The molecule has 0 saturated carbocycles. The zero-order valence-corrected chi connectivity index (χ0v) is 9.55. The van der Waals surface area contributed by atoms with Crippen molar-refractivity contribution >= 4 is 22.7 Å². The number of hydrogen-bond acceptors (Lipinski definition) is 5. The summed E-state index contributed by atoms with van der Waals surface area (Å²) < 4.78 is 0. The first-order valence-electron chi connectivity index (χ1n) is 4.51. The van der Waals surface area contributed by atoms with Gasteiger partial charge < -0.3 is 4.98 Å². The van der Waals surface area contributed by atoms with Crippen LogP contribution in [0.3, 0.4) is 0 Å². The van der Waals surface area contributed by atoms with Gasteiger partial charge in [0, 0.05) is 0 Å². The number of rotatable bonds is 1. The number of nitrogens with one attached hydrogen (secondary N) is 1. The van der Waals surface area contributed by atoms with Crippen LogP contribution in [0.5, 0.6) is 0 Å². The molecule has 2 aromatic heterocycles. The normalized spacial score (nSPS) is 10.3. The lowest BCUT2D eigenvalue weighted by Crippen LogP contribution is -2.10. The predicted molar refractivity (Wildman–Crippen MR) is 61.4 cm³/mol. The molecular formula is C10H8N4OS. The lowest BCUT2D eigenvalue weighted by Gasteiger charge is -2.05. The van der Waals surface area contributed by atoms with Crippen LogP contribution in [0.1, 0.15) is 11.3 Å². The van der Waals surface area contributed by atoms with E-state index in [-0.39, 0.29) is 5.56 Å². The van der Waals surface area contributed by atoms with E-state index in [4.69, 9.17) is 5.26 Å². The largest absolute Gasteiger partial charge is 0.313 e. The Hall–Kier alpha value is -1.87. The molecule has 2 heterocycles. The Bertz CT molecular complexity index is 656. The van der Waals surface area contributed by atoms with E-state index in [1.165, 1.54) is 18.1 Å². The van der Waals surface area contributed by atoms with Crippen molar-refractivity contribution in [3.05, 3.63) is 27.9 Å². The maximum absolute atomic E-state index is 11.6. The second kappa shape index (κ2) is 3.94. The Morgan fingerprint density at radius 2 is 2.31 bits per heavy atom. The van der Waals surface area contributed by atoms with Gasteiger partial charge in [-0.1, -0.05) is 0 Å². The van der Waals surface area contributed by atoms with Crippen LogP contribution in [0, 0.1) is 18.3 Å². The smallest absolute Gasteiger partial charge is 0.260 e. The molecule has 0 spiro atoms. The van der Waals surface area contributed by atoms with E-state index in [2.05, 4.69) is 15.0 Å². The van der Waals surface area contributed by atoms with Crippen LogP contribution in [0.15, 0.2) is 16.1 Å². The Balaban J connectivity index is 3.05. The molecule has 0 atom stereocenters. The number of aromatic amines is 1. The maximum atomic E-state index is 11.6. The summed E-state index contributed by atoms with van der Waals surface area (Å²) in [7, 11) is 0. The second-order valence-electron chi connectivity index (χ2n) is 3.15. The molecule has 5 nitrogen and oxygen atoms in total. The summed E-state index contributed by atoms with van der Waals surface area (Å²) in [6, 6.07) is 2.05. The first-order valence-corrected chi connectivity index (χ1v) is 5.73. The first kappa shape index (κ1) is 10.6. The molecule has 6 heteroatoms. The van der Waals surface area contributed by atoms with Crippen molar-refractivity contribution in [3.8, 4) is 6.07 Å². The minimum absolute atomic E-state index is 0.265. The average Bonchev–Trinajstić information content (AvgIpc) is 2.28. The molecule has 0 saturated heterocycles. The molecule has 2 aromatic rings. The number of pyridine rings is 1. The van der Waals surface area contributed by atoms with Crippen LogP contribution in [0.2, 0.25) is 0 Å². The number of aryl methyl sites for hydroxylation is 1. The topological polar surface area (TPSA) is 82.4 Å². The third-order valence-corrected chi connectivity index (χ3v) is 2.92. The Morgan fingerprint density at radius 1 is 1.56 bits per heavy atom. The highest BCUT2D eigenvalue weighted by Gasteiger charge is 2.14. The lowest BCUT2D eigenvalue weighted by molar-refractivity contribution is 1.05. The maximum Gasteiger partial charge on any atom is 0.260 e. The van der Waals surface area contributed by atoms with Crippen molar-refractivity contribution in [2.24, 2.45) is 0 Å². The molecule has 0 bridgehead atoms. The number of nitriles is 1. The van der Waals surface area contributed by atoms with E-state index in [0.29, 0.717) is 27.2 Å². The van der Waals surface area contributed by atoms with Gasteiger partial charge in [-0.25, -0.2) is 9.97 Å². The Kier molecular flexibility index (Phi) is 2.62. The molecule has 1 N–H and O–H groups in total. The number of aromatic nitrogens is 3. The summed E-state index contributed by atoms with van der Waals surface area (Å²) in [5.41, 5.74) is 1.11. The fourth-order valence-corrected chi connectivity index (χ4v) is 2.11. The van der Waals surface area contributed by atoms with Gasteiger partial charge in [0.25, 0.3) is 5.56 Å². The van der Waals surface area contributed by atoms with Crippen molar-refractivity contribution in [2.75, 3.05) is 6.26 Å². The summed E-state index contributed by atoms with van der Waals surface area (Å²) in [5, 5.41) is 10.1. The fraction of sp³-hybridized carbons (Fsp3) is 0.200. The summed E-state index contributed by atoms with van der Waals surface area (Å²) in [4.78, 5) is 22.4. The van der Waals surface area contributed by atoms with Gasteiger partial charge in [-0.2, -0.15) is 5.26 Å². The SMILES string of the molecule is CSc1nc(C)c2c(=O)[nH]cnc2c1C#N. The van der Waals surface area contributed by atoms with Gasteiger partial charge in [-0.3, -0.25) is 4.79 Å². The lowest BCUT2D eigenvalue weighted by atomic mass is 10.1. The van der Waals surface area contributed by atoms with Gasteiger partial charge in [-0.15, -0.1) is 11.8 Å². The van der Waals surface area contributed by atoms with Crippen molar-refractivity contribution in [1.29, 1.82) is 5.26 Å². The summed E-state index contributed by atoms with van der Waals surface area (Å²) in [5.74, 6) is 0. The number of hydrogen-bond donors (Lipinski definition) is 1. The van der Waals surface area contributed by atoms with Crippen LogP contribution in [0.25, 0.3) is 10.9 Å². The highest BCUT2D eigenvalue weighted by atomic mass is 32.2. The van der Waals surface area contributed by atoms with Crippen LogP contribution >= 0.6 is 11.8 Å². The first-order chi connectivity index (χ1) is 7.69. The number of H-pyrrole nitrogens is 1. The van der Waals surface area contributed by atoms with Crippen LogP contribution in [0.4, 0.5) is 0 Å². The minimum Gasteiger partial charge on any atom is -0.313 e. The highest BCUT2D eigenvalue weighted by Crippen LogP contribution is 2.24. The highest BCUT2D eigenvalue weighted by molar-refractivity contribution is 7.98. The van der Waals surface area contributed by atoms with E-state index in [9.17, 15) is 4.79 Å². The monoisotopic (exact) mass is 232 g/mol. The molecule has 0 fully saturated rings. The molecule has 80 valence electrons. The molecular weight excluding hydrogens is 224 g/mol. The Morgan fingerprint density at radius 3 is 2.94 bits per heavy atom. The summed E-state index contributed by atoms with van der Waals surface area (Å²) >= 11 is 1.37. The van der Waals surface area contributed by atoms with E-state index < -0.39 is 0 Å². The third kappa shape index (κ3) is 1.46. The van der Waals surface area contributed by atoms with Crippen molar-refractivity contribution < 1.29 is 0 Å². The van der Waals surface area contributed by atoms with Gasteiger partial charge in [-0.05, 0) is 13.2 Å². The van der Waals surface area contributed by atoms with Gasteiger partial charge in [0.15, 0.2) is 0 Å². The summed E-state index contributed by atoms with van der Waals surface area (Å²) in [6.45, 7) is 1.74. The average molecular weight is 232 g/mol. The minimum atomic E-state index is -0.265. The molecule has 0 aliphatic carbocycles. The number of fused-ring (bicyclic) bond motifs is 1. The van der Waals surface area contributed by atoms with E-state index in [1.807, 2.05) is 12.3 Å². The molecule has 0 aromatic carbocycles.